The number of allylic oxidation sites excluding steroid dienone is 2. The lowest BCUT2D eigenvalue weighted by atomic mass is 10.2. The Morgan fingerprint density at radius 2 is 2.62 bits per heavy atom. The Hall–Kier alpha value is -0.590. The van der Waals surface area contributed by atoms with Gasteiger partial charge < -0.3 is 5.41 Å². The van der Waals surface area contributed by atoms with Crippen LogP contribution < -0.4 is 0 Å². The molecule has 2 aliphatic rings. The van der Waals surface area contributed by atoms with E-state index in [2.05, 4.69) is 6.08 Å². The molecule has 8 heavy (non-hydrogen) atoms. The minimum Gasteiger partial charge on any atom is -0.308 e. The Morgan fingerprint density at radius 3 is 3.00 bits per heavy atom. The van der Waals surface area contributed by atoms with Gasteiger partial charge in [-0.1, -0.05) is 6.08 Å². The molecular formula is C7H9N. The van der Waals surface area contributed by atoms with Gasteiger partial charge in [0.15, 0.2) is 0 Å². The molecular weight excluding hydrogens is 98.1 g/mol. The highest BCUT2D eigenvalue weighted by molar-refractivity contribution is 5.77. The monoisotopic (exact) mass is 107 g/mol. The van der Waals surface area contributed by atoms with Gasteiger partial charge in [0.1, 0.15) is 0 Å². The van der Waals surface area contributed by atoms with E-state index in [0.717, 1.165) is 11.8 Å². The summed E-state index contributed by atoms with van der Waals surface area (Å²) in [6, 6.07) is 0. The third kappa shape index (κ3) is 0.443. The van der Waals surface area contributed by atoms with Crippen molar-refractivity contribution in [2.75, 3.05) is 0 Å². The van der Waals surface area contributed by atoms with E-state index in [0.29, 0.717) is 0 Å². The van der Waals surface area contributed by atoms with Crippen LogP contribution in [0.2, 0.25) is 0 Å². The van der Waals surface area contributed by atoms with Gasteiger partial charge in [-0.2, -0.15) is 0 Å². The van der Waals surface area contributed by atoms with E-state index in [9.17, 15) is 0 Å². The summed E-state index contributed by atoms with van der Waals surface area (Å²) in [4.78, 5) is 0. The summed E-state index contributed by atoms with van der Waals surface area (Å²) in [6.45, 7) is 0. The van der Waals surface area contributed by atoms with Gasteiger partial charge in [-0.15, -0.1) is 0 Å². The quantitative estimate of drug-likeness (QED) is 0.492. The highest BCUT2D eigenvalue weighted by Crippen LogP contribution is 2.49. The molecule has 0 heterocycles. The summed E-state index contributed by atoms with van der Waals surface area (Å²) in [6.07, 6.45) is 6.33. The van der Waals surface area contributed by atoms with E-state index < -0.39 is 0 Å². The molecule has 2 unspecified atom stereocenters. The van der Waals surface area contributed by atoms with Crippen LogP contribution in [0, 0.1) is 17.2 Å². The zero-order valence-electron chi connectivity index (χ0n) is 4.72. The van der Waals surface area contributed by atoms with Crippen LogP contribution in [0.3, 0.4) is 0 Å². The predicted molar refractivity (Wildman–Crippen MR) is 33.1 cm³/mol. The van der Waals surface area contributed by atoms with Gasteiger partial charge >= 0.3 is 0 Å². The summed E-state index contributed by atoms with van der Waals surface area (Å²) in [5, 5.41) is 6.92. The van der Waals surface area contributed by atoms with Crippen LogP contribution in [0.25, 0.3) is 0 Å². The van der Waals surface area contributed by atoms with Crippen LogP contribution in [0.15, 0.2) is 11.6 Å². The average molecular weight is 107 g/mol. The van der Waals surface area contributed by atoms with Crippen molar-refractivity contribution < 1.29 is 0 Å². The van der Waals surface area contributed by atoms with Crippen LogP contribution in [-0.2, 0) is 0 Å². The lowest BCUT2D eigenvalue weighted by molar-refractivity contribution is 0.845. The largest absolute Gasteiger partial charge is 0.308 e. The van der Waals surface area contributed by atoms with Gasteiger partial charge in [0.2, 0.25) is 0 Å². The number of nitrogens with one attached hydrogen (secondary N) is 1. The van der Waals surface area contributed by atoms with Gasteiger partial charge in [-0.3, -0.25) is 0 Å². The second-order valence-electron chi connectivity index (χ2n) is 2.75. The second kappa shape index (κ2) is 1.22. The summed E-state index contributed by atoms with van der Waals surface area (Å²) in [7, 11) is 0. The first-order valence-corrected chi connectivity index (χ1v) is 3.11. The normalized spacial score (nSPS) is 40.8. The number of rotatable bonds is 1. The molecule has 42 valence electrons. The minimum absolute atomic E-state index is 0.881. The van der Waals surface area contributed by atoms with Crippen molar-refractivity contribution in [2.45, 2.75) is 12.8 Å². The molecule has 0 radical (unpaired) electrons. The highest BCUT2D eigenvalue weighted by Gasteiger charge is 2.39. The first-order valence-electron chi connectivity index (χ1n) is 3.11. The maximum atomic E-state index is 6.92. The molecule has 0 aromatic heterocycles. The van der Waals surface area contributed by atoms with Crippen molar-refractivity contribution >= 4 is 6.21 Å². The summed E-state index contributed by atoms with van der Waals surface area (Å²) < 4.78 is 0. The molecule has 0 aromatic rings. The van der Waals surface area contributed by atoms with Crippen molar-refractivity contribution in [1.29, 1.82) is 5.41 Å². The molecule has 1 heteroatoms. The molecule has 2 aliphatic carbocycles. The fourth-order valence-electron chi connectivity index (χ4n) is 1.46. The highest BCUT2D eigenvalue weighted by atomic mass is 14.5. The Morgan fingerprint density at radius 1 is 1.75 bits per heavy atom. The van der Waals surface area contributed by atoms with Gasteiger partial charge in [-0.25, -0.2) is 0 Å². The molecule has 1 N–H and O–H groups in total. The van der Waals surface area contributed by atoms with Crippen LogP contribution in [0.1, 0.15) is 12.8 Å². The maximum Gasteiger partial charge on any atom is 0.0206 e. The van der Waals surface area contributed by atoms with Crippen molar-refractivity contribution in [3.8, 4) is 0 Å². The van der Waals surface area contributed by atoms with E-state index in [4.69, 9.17) is 5.41 Å². The predicted octanol–water partition coefficient (Wildman–Crippen LogP) is 1.60. The maximum absolute atomic E-state index is 6.92. The first kappa shape index (κ1) is 4.30. The van der Waals surface area contributed by atoms with Gasteiger partial charge in [0.05, 0.1) is 0 Å². The zero-order valence-corrected chi connectivity index (χ0v) is 4.72. The lowest BCUT2D eigenvalue weighted by Gasteiger charge is -1.88. The Kier molecular flexibility index (Phi) is 0.655. The first-order chi connectivity index (χ1) is 3.90. The van der Waals surface area contributed by atoms with Crippen LogP contribution in [0.4, 0.5) is 0 Å². The molecule has 1 nitrogen and oxygen atoms in total. The third-order valence-electron chi connectivity index (χ3n) is 2.09. The van der Waals surface area contributed by atoms with Gasteiger partial charge in [0, 0.05) is 6.21 Å². The summed E-state index contributed by atoms with van der Waals surface area (Å²) in [5.41, 5.74) is 1.26. The molecule has 2 rings (SSSR count). The van der Waals surface area contributed by atoms with Gasteiger partial charge in [0.25, 0.3) is 0 Å². The fourth-order valence-corrected chi connectivity index (χ4v) is 1.46. The topological polar surface area (TPSA) is 23.9 Å². The van der Waals surface area contributed by atoms with Crippen molar-refractivity contribution in [2.24, 2.45) is 11.8 Å². The molecule has 2 atom stereocenters. The van der Waals surface area contributed by atoms with E-state index in [-0.39, 0.29) is 0 Å². The minimum atomic E-state index is 0.881. The van der Waals surface area contributed by atoms with Crippen LogP contribution >= 0.6 is 0 Å². The fraction of sp³-hybridized carbons (Fsp3) is 0.571. The smallest absolute Gasteiger partial charge is 0.0206 e. The van der Waals surface area contributed by atoms with Gasteiger partial charge in [-0.05, 0) is 30.3 Å². The molecule has 0 aliphatic heterocycles. The van der Waals surface area contributed by atoms with Crippen molar-refractivity contribution in [1.82, 2.24) is 0 Å². The second-order valence-corrected chi connectivity index (χ2v) is 2.75. The Labute approximate surface area is 48.9 Å². The Bertz CT molecular complexity index is 158. The molecule has 0 saturated heterocycles. The zero-order chi connectivity index (χ0) is 5.56. The van der Waals surface area contributed by atoms with Crippen LogP contribution in [-0.4, -0.2) is 6.21 Å². The lowest BCUT2D eigenvalue weighted by Crippen LogP contribution is -1.79. The molecule has 1 fully saturated rings. The molecule has 0 spiro atoms. The molecule has 1 saturated carbocycles. The standard InChI is InChI=1S/C7H9N/c8-4-5-1-6-3-7(6)2-5/h1,4,6-8H,2-3H2. The average Bonchev–Trinajstić information content (AvgIpc) is 2.40. The molecule has 0 amide bonds. The van der Waals surface area contributed by atoms with E-state index >= 15 is 0 Å². The molecule has 0 aromatic carbocycles. The summed E-state index contributed by atoms with van der Waals surface area (Å²) >= 11 is 0. The van der Waals surface area contributed by atoms with Crippen molar-refractivity contribution in [3.63, 3.8) is 0 Å². The van der Waals surface area contributed by atoms with Crippen LogP contribution in [0.5, 0.6) is 0 Å². The number of fused-ring (bicyclic) bond motifs is 1. The summed E-state index contributed by atoms with van der Waals surface area (Å²) in [5.74, 6) is 1.83. The number of hydrogen-bond acceptors (Lipinski definition) is 1. The number of hydrogen-bond donors (Lipinski definition) is 1. The van der Waals surface area contributed by atoms with E-state index in [1.807, 2.05) is 0 Å². The van der Waals surface area contributed by atoms with E-state index in [1.54, 1.807) is 0 Å². The Balaban J connectivity index is 2.17. The molecule has 0 bridgehead atoms. The van der Waals surface area contributed by atoms with Crippen molar-refractivity contribution in [3.05, 3.63) is 11.6 Å². The van der Waals surface area contributed by atoms with E-state index in [1.165, 1.54) is 24.6 Å². The SMILES string of the molecule is N=CC1=CC2CC2C1. The third-order valence-corrected chi connectivity index (χ3v) is 2.09.